The molecule has 0 aliphatic carbocycles. The maximum atomic E-state index is 11.9. The largest absolute Gasteiger partial charge is 0.481 e. The molecular weight excluding hydrogens is 482 g/mol. The van der Waals surface area contributed by atoms with E-state index < -0.39 is 5.97 Å². The number of nitrogens with one attached hydrogen (secondary N) is 3. The molecule has 0 unspecified atom stereocenters. The van der Waals surface area contributed by atoms with Crippen molar-refractivity contribution >= 4 is 23.7 Å². The number of carbonyl (C=O) groups is 4. The van der Waals surface area contributed by atoms with Gasteiger partial charge in [-0.2, -0.15) is 0 Å². The molecule has 0 atom stereocenters. The third-order valence-electron chi connectivity index (χ3n) is 5.39. The number of rotatable bonds is 27. The van der Waals surface area contributed by atoms with Crippen molar-refractivity contribution in [3.8, 4) is 0 Å². The van der Waals surface area contributed by atoms with Gasteiger partial charge in [0.1, 0.15) is 6.61 Å². The molecular formula is C26H49N3O8. The van der Waals surface area contributed by atoms with Gasteiger partial charge < -0.3 is 35.3 Å². The molecule has 0 aromatic heterocycles. The lowest BCUT2D eigenvalue weighted by molar-refractivity contribution is -0.137. The van der Waals surface area contributed by atoms with Gasteiger partial charge in [-0.05, 0) is 26.2 Å². The fourth-order valence-corrected chi connectivity index (χ4v) is 3.38. The van der Waals surface area contributed by atoms with Gasteiger partial charge in [0, 0.05) is 45.5 Å². The van der Waals surface area contributed by atoms with Gasteiger partial charge in [0.05, 0.1) is 26.4 Å². The second-order valence-electron chi connectivity index (χ2n) is 8.74. The standard InChI is InChI=1S/C26H49N3O8/c1-2-35-18-16-29-25(32)22-37-21-20-36-19-17-28-24(31)13-11-15-27-23(30)12-9-7-5-3-4-6-8-10-14-26(33)34/h2-22H2,1H3,(H,27,30)(H,28,31)(H,29,32)(H,33,34). The topological polar surface area (TPSA) is 152 Å². The normalized spacial score (nSPS) is 10.7. The predicted octanol–water partition coefficient (Wildman–Crippen LogP) is 2.17. The zero-order chi connectivity index (χ0) is 27.4. The molecule has 11 heteroatoms. The average molecular weight is 532 g/mol. The van der Waals surface area contributed by atoms with Gasteiger partial charge >= 0.3 is 5.97 Å². The van der Waals surface area contributed by atoms with E-state index in [1.54, 1.807) is 0 Å². The first-order valence-corrected chi connectivity index (χ1v) is 13.7. The Bertz CT molecular complexity index is 604. The van der Waals surface area contributed by atoms with E-state index >= 15 is 0 Å². The van der Waals surface area contributed by atoms with E-state index in [2.05, 4.69) is 16.0 Å². The predicted molar refractivity (Wildman–Crippen MR) is 140 cm³/mol. The Hall–Kier alpha value is -2.24. The van der Waals surface area contributed by atoms with Crippen molar-refractivity contribution in [1.82, 2.24) is 16.0 Å². The molecule has 0 rings (SSSR count). The van der Waals surface area contributed by atoms with Crippen molar-refractivity contribution in [2.75, 3.05) is 59.3 Å². The van der Waals surface area contributed by atoms with Crippen LogP contribution in [0.15, 0.2) is 0 Å². The van der Waals surface area contributed by atoms with Crippen LogP contribution in [0, 0.1) is 0 Å². The van der Waals surface area contributed by atoms with Gasteiger partial charge in [-0.1, -0.05) is 38.5 Å². The second kappa shape index (κ2) is 26.8. The van der Waals surface area contributed by atoms with Gasteiger partial charge in [-0.25, -0.2) is 0 Å². The van der Waals surface area contributed by atoms with Crippen molar-refractivity contribution < 1.29 is 38.5 Å². The maximum Gasteiger partial charge on any atom is 0.303 e. The number of amides is 3. The summed E-state index contributed by atoms with van der Waals surface area (Å²) in [5.41, 5.74) is 0. The lowest BCUT2D eigenvalue weighted by atomic mass is 10.1. The number of carboxylic acids is 1. The van der Waals surface area contributed by atoms with E-state index in [1.165, 1.54) is 0 Å². The van der Waals surface area contributed by atoms with Gasteiger partial charge in [-0.15, -0.1) is 0 Å². The van der Waals surface area contributed by atoms with Crippen LogP contribution in [-0.2, 0) is 33.4 Å². The molecule has 0 heterocycles. The van der Waals surface area contributed by atoms with E-state index in [9.17, 15) is 19.2 Å². The highest BCUT2D eigenvalue weighted by molar-refractivity contribution is 5.77. The van der Waals surface area contributed by atoms with Crippen molar-refractivity contribution in [2.45, 2.75) is 84.0 Å². The van der Waals surface area contributed by atoms with Crippen LogP contribution in [0.5, 0.6) is 0 Å². The van der Waals surface area contributed by atoms with Gasteiger partial charge in [0.15, 0.2) is 0 Å². The molecule has 0 bridgehead atoms. The Kier molecular flexibility index (Phi) is 25.2. The lowest BCUT2D eigenvalue weighted by Crippen LogP contribution is -2.31. The molecule has 3 amide bonds. The number of hydrogen-bond acceptors (Lipinski definition) is 7. The minimum atomic E-state index is -0.726. The fourth-order valence-electron chi connectivity index (χ4n) is 3.38. The van der Waals surface area contributed by atoms with E-state index in [4.69, 9.17) is 19.3 Å². The summed E-state index contributed by atoms with van der Waals surface area (Å²) in [7, 11) is 0. The van der Waals surface area contributed by atoms with E-state index in [0.29, 0.717) is 71.9 Å². The van der Waals surface area contributed by atoms with Crippen LogP contribution in [0.3, 0.4) is 0 Å². The molecule has 0 spiro atoms. The summed E-state index contributed by atoms with van der Waals surface area (Å²) in [5.74, 6) is -0.984. The Balaban J connectivity index is 3.36. The first-order chi connectivity index (χ1) is 18.0. The lowest BCUT2D eigenvalue weighted by Gasteiger charge is -2.08. The van der Waals surface area contributed by atoms with Crippen molar-refractivity contribution in [3.63, 3.8) is 0 Å². The minimum Gasteiger partial charge on any atom is -0.481 e. The molecule has 0 saturated carbocycles. The summed E-state index contributed by atoms with van der Waals surface area (Å²) in [4.78, 5) is 45.6. The number of aliphatic carboxylic acids is 1. The first kappa shape index (κ1) is 34.8. The smallest absolute Gasteiger partial charge is 0.303 e. The van der Waals surface area contributed by atoms with E-state index in [0.717, 1.165) is 51.4 Å². The van der Waals surface area contributed by atoms with E-state index in [1.807, 2.05) is 6.92 Å². The summed E-state index contributed by atoms with van der Waals surface area (Å²) in [6, 6.07) is 0. The van der Waals surface area contributed by atoms with Crippen LogP contribution >= 0.6 is 0 Å². The Labute approximate surface area is 221 Å². The molecule has 0 radical (unpaired) electrons. The monoisotopic (exact) mass is 531 g/mol. The third kappa shape index (κ3) is 28.2. The molecule has 0 fully saturated rings. The van der Waals surface area contributed by atoms with Crippen molar-refractivity contribution in [2.24, 2.45) is 0 Å². The van der Waals surface area contributed by atoms with Crippen LogP contribution in [0.1, 0.15) is 84.0 Å². The number of ether oxygens (including phenoxy) is 3. The summed E-state index contributed by atoms with van der Waals surface area (Å²) >= 11 is 0. The number of unbranched alkanes of at least 4 members (excludes halogenated alkanes) is 7. The molecule has 37 heavy (non-hydrogen) atoms. The Morgan fingerprint density at radius 1 is 0.541 bits per heavy atom. The van der Waals surface area contributed by atoms with Crippen LogP contribution in [0.2, 0.25) is 0 Å². The molecule has 0 aliphatic rings. The molecule has 11 nitrogen and oxygen atoms in total. The first-order valence-electron chi connectivity index (χ1n) is 13.7. The zero-order valence-corrected chi connectivity index (χ0v) is 22.7. The summed E-state index contributed by atoms with van der Waals surface area (Å²) in [6.07, 6.45) is 9.68. The van der Waals surface area contributed by atoms with Crippen molar-refractivity contribution in [1.29, 1.82) is 0 Å². The summed E-state index contributed by atoms with van der Waals surface area (Å²) < 4.78 is 15.7. The van der Waals surface area contributed by atoms with Crippen LogP contribution in [-0.4, -0.2) is 88.1 Å². The van der Waals surface area contributed by atoms with Crippen LogP contribution in [0.25, 0.3) is 0 Å². The summed E-state index contributed by atoms with van der Waals surface area (Å²) in [5, 5.41) is 16.9. The zero-order valence-electron chi connectivity index (χ0n) is 22.7. The maximum absolute atomic E-state index is 11.9. The quantitative estimate of drug-likeness (QED) is 0.118. The van der Waals surface area contributed by atoms with Gasteiger partial charge in [0.25, 0.3) is 0 Å². The number of hydrogen-bond donors (Lipinski definition) is 4. The van der Waals surface area contributed by atoms with Gasteiger partial charge in [0.2, 0.25) is 17.7 Å². The fraction of sp³-hybridized carbons (Fsp3) is 0.846. The van der Waals surface area contributed by atoms with Crippen LogP contribution in [0.4, 0.5) is 0 Å². The molecule has 216 valence electrons. The molecule has 0 aliphatic heterocycles. The molecule has 0 aromatic rings. The van der Waals surface area contributed by atoms with Crippen molar-refractivity contribution in [3.05, 3.63) is 0 Å². The highest BCUT2D eigenvalue weighted by Crippen LogP contribution is 2.10. The SMILES string of the molecule is CCOCCNC(=O)COCCOCCNC(=O)CCCNC(=O)CCCCCCCCCCC(=O)O. The highest BCUT2D eigenvalue weighted by atomic mass is 16.5. The van der Waals surface area contributed by atoms with E-state index in [-0.39, 0.29) is 30.7 Å². The second-order valence-corrected chi connectivity index (χ2v) is 8.74. The molecule has 0 saturated heterocycles. The summed E-state index contributed by atoms with van der Waals surface area (Å²) in [6.45, 7) is 5.29. The molecule has 0 aromatic carbocycles. The Morgan fingerprint density at radius 3 is 1.65 bits per heavy atom. The minimum absolute atomic E-state index is 0.0210. The third-order valence-corrected chi connectivity index (χ3v) is 5.39. The van der Waals surface area contributed by atoms with Gasteiger partial charge in [-0.3, -0.25) is 19.2 Å². The number of carboxylic acid groups (broad SMARTS) is 1. The average Bonchev–Trinajstić information content (AvgIpc) is 2.87. The van der Waals surface area contributed by atoms with Crippen LogP contribution < -0.4 is 16.0 Å². The highest BCUT2D eigenvalue weighted by Gasteiger charge is 2.04. The number of carbonyl (C=O) groups excluding carboxylic acids is 3. The Morgan fingerprint density at radius 2 is 1.03 bits per heavy atom. The molecule has 4 N–H and O–H groups in total.